The summed E-state index contributed by atoms with van der Waals surface area (Å²) in [6, 6.07) is 21.2. The molecule has 0 aliphatic carbocycles. The first-order chi connectivity index (χ1) is 14.6. The number of carboxylic acids is 1. The van der Waals surface area contributed by atoms with Crippen LogP contribution in [0.25, 0.3) is 22.2 Å². The summed E-state index contributed by atoms with van der Waals surface area (Å²) in [4.78, 5) is 17.1. The third-order valence-corrected chi connectivity index (χ3v) is 5.67. The Labute approximate surface area is 180 Å². The third-order valence-electron chi connectivity index (χ3n) is 5.30. The van der Waals surface area contributed by atoms with Crippen LogP contribution in [0.5, 0.6) is 0 Å². The van der Waals surface area contributed by atoms with Crippen LogP contribution >= 0.6 is 11.6 Å². The van der Waals surface area contributed by atoms with E-state index in [0.29, 0.717) is 22.6 Å². The van der Waals surface area contributed by atoms with Crippen LogP contribution in [0.1, 0.15) is 41.5 Å². The standard InChI is InChI=1S/C25H23ClN2O2/c1-2-3-13-23-27-22-15-19(17-9-5-4-6-10-17)14-20(25(29)30)24(22)28(23)16-18-11-7-8-12-21(18)26/h4-12,14-15H,2-3,13,16H2,1H3,(H,29,30). The van der Waals surface area contributed by atoms with E-state index in [0.717, 1.165) is 41.8 Å². The second kappa shape index (κ2) is 8.72. The van der Waals surface area contributed by atoms with Crippen LogP contribution in [0.15, 0.2) is 66.7 Å². The number of carbonyl (C=O) groups is 1. The number of fused-ring (bicyclic) bond motifs is 1. The number of hydrogen-bond donors (Lipinski definition) is 1. The Balaban J connectivity index is 1.94. The van der Waals surface area contributed by atoms with Crippen molar-refractivity contribution in [3.8, 4) is 11.1 Å². The number of aryl methyl sites for hydroxylation is 1. The first kappa shape index (κ1) is 20.2. The molecule has 0 unspecified atom stereocenters. The zero-order chi connectivity index (χ0) is 21.1. The van der Waals surface area contributed by atoms with E-state index in [1.165, 1.54) is 0 Å². The molecule has 0 saturated heterocycles. The summed E-state index contributed by atoms with van der Waals surface area (Å²) in [6.07, 6.45) is 2.81. The van der Waals surface area contributed by atoms with Gasteiger partial charge in [-0.1, -0.05) is 73.5 Å². The van der Waals surface area contributed by atoms with E-state index in [2.05, 4.69) is 6.92 Å². The zero-order valence-corrected chi connectivity index (χ0v) is 17.6. The molecule has 0 bridgehead atoms. The Bertz CT molecular complexity index is 1200. The molecule has 1 heterocycles. The molecule has 3 aromatic carbocycles. The molecular weight excluding hydrogens is 396 g/mol. The van der Waals surface area contributed by atoms with Crippen molar-refractivity contribution in [2.75, 3.05) is 0 Å². The van der Waals surface area contributed by atoms with Gasteiger partial charge in [-0.25, -0.2) is 9.78 Å². The summed E-state index contributed by atoms with van der Waals surface area (Å²) in [6.45, 7) is 2.62. The van der Waals surface area contributed by atoms with Gasteiger partial charge in [0.15, 0.2) is 0 Å². The summed E-state index contributed by atoms with van der Waals surface area (Å²) in [7, 11) is 0. The lowest BCUT2D eigenvalue weighted by atomic mass is 10.0. The normalized spacial score (nSPS) is 11.1. The molecule has 0 aliphatic heterocycles. The average molecular weight is 419 g/mol. The van der Waals surface area contributed by atoms with E-state index >= 15 is 0 Å². The van der Waals surface area contributed by atoms with Gasteiger partial charge < -0.3 is 9.67 Å². The third kappa shape index (κ3) is 3.96. The largest absolute Gasteiger partial charge is 0.478 e. The second-order valence-electron chi connectivity index (χ2n) is 7.37. The van der Waals surface area contributed by atoms with Crippen molar-refractivity contribution < 1.29 is 9.90 Å². The summed E-state index contributed by atoms with van der Waals surface area (Å²) < 4.78 is 2.02. The molecule has 152 valence electrons. The molecular formula is C25H23ClN2O2. The van der Waals surface area contributed by atoms with Gasteiger partial charge in [-0.05, 0) is 41.3 Å². The summed E-state index contributed by atoms with van der Waals surface area (Å²) in [5.74, 6) is -0.0698. The van der Waals surface area contributed by atoms with Crippen LogP contribution < -0.4 is 0 Å². The monoisotopic (exact) mass is 418 g/mol. The number of nitrogens with zero attached hydrogens (tertiary/aromatic N) is 2. The van der Waals surface area contributed by atoms with E-state index in [1.807, 2.05) is 65.2 Å². The molecule has 4 rings (SSSR count). The van der Waals surface area contributed by atoms with E-state index in [-0.39, 0.29) is 5.56 Å². The lowest BCUT2D eigenvalue weighted by molar-refractivity contribution is 0.0698. The van der Waals surface area contributed by atoms with E-state index in [4.69, 9.17) is 16.6 Å². The fourth-order valence-electron chi connectivity index (χ4n) is 3.77. The predicted molar refractivity (Wildman–Crippen MR) is 121 cm³/mol. The van der Waals surface area contributed by atoms with Gasteiger partial charge in [0.25, 0.3) is 0 Å². The molecule has 0 saturated carbocycles. The van der Waals surface area contributed by atoms with Gasteiger partial charge in [0.1, 0.15) is 5.82 Å². The summed E-state index contributed by atoms with van der Waals surface area (Å²) in [5, 5.41) is 10.7. The minimum absolute atomic E-state index is 0.258. The number of halogens is 1. The molecule has 30 heavy (non-hydrogen) atoms. The maximum absolute atomic E-state index is 12.2. The molecule has 0 aliphatic rings. The lowest BCUT2D eigenvalue weighted by Gasteiger charge is -2.13. The topological polar surface area (TPSA) is 55.1 Å². The number of aromatic nitrogens is 2. The molecule has 0 radical (unpaired) electrons. The van der Waals surface area contributed by atoms with Crippen molar-refractivity contribution >= 4 is 28.6 Å². The molecule has 4 aromatic rings. The van der Waals surface area contributed by atoms with Gasteiger partial charge in [-0.15, -0.1) is 0 Å². The SMILES string of the molecule is CCCCc1nc2cc(-c3ccccc3)cc(C(=O)O)c2n1Cc1ccccc1Cl. The molecule has 1 N–H and O–H groups in total. The Morgan fingerprint density at radius 1 is 1.03 bits per heavy atom. The lowest BCUT2D eigenvalue weighted by Crippen LogP contribution is -2.09. The Morgan fingerprint density at radius 2 is 1.77 bits per heavy atom. The number of hydrogen-bond acceptors (Lipinski definition) is 2. The van der Waals surface area contributed by atoms with Crippen LogP contribution in [0.3, 0.4) is 0 Å². The first-order valence-electron chi connectivity index (χ1n) is 10.1. The molecule has 0 amide bonds. The zero-order valence-electron chi connectivity index (χ0n) is 16.8. The number of imidazole rings is 1. The van der Waals surface area contributed by atoms with Crippen molar-refractivity contribution in [1.82, 2.24) is 9.55 Å². The van der Waals surface area contributed by atoms with Gasteiger partial charge in [0.2, 0.25) is 0 Å². The van der Waals surface area contributed by atoms with Gasteiger partial charge in [-0.3, -0.25) is 0 Å². The van der Waals surface area contributed by atoms with Crippen molar-refractivity contribution in [3.05, 3.63) is 88.7 Å². The van der Waals surface area contributed by atoms with E-state index < -0.39 is 5.97 Å². The molecule has 5 heteroatoms. The van der Waals surface area contributed by atoms with Crippen molar-refractivity contribution in [3.63, 3.8) is 0 Å². The molecule has 0 atom stereocenters. The first-order valence-corrected chi connectivity index (χ1v) is 10.5. The Kier molecular flexibility index (Phi) is 5.86. The average Bonchev–Trinajstić information content (AvgIpc) is 3.10. The van der Waals surface area contributed by atoms with Crippen molar-refractivity contribution in [2.45, 2.75) is 32.7 Å². The number of rotatable bonds is 7. The highest BCUT2D eigenvalue weighted by atomic mass is 35.5. The highest BCUT2D eigenvalue weighted by molar-refractivity contribution is 6.31. The quantitative estimate of drug-likeness (QED) is 0.375. The van der Waals surface area contributed by atoms with Gasteiger partial charge >= 0.3 is 5.97 Å². The minimum Gasteiger partial charge on any atom is -0.478 e. The predicted octanol–water partition coefficient (Wildman–Crippen LogP) is 6.45. The van der Waals surface area contributed by atoms with E-state index in [1.54, 1.807) is 6.07 Å². The molecule has 1 aromatic heterocycles. The Hall–Kier alpha value is -3.11. The smallest absolute Gasteiger partial charge is 0.337 e. The Morgan fingerprint density at radius 3 is 2.47 bits per heavy atom. The van der Waals surface area contributed by atoms with E-state index in [9.17, 15) is 9.90 Å². The fourth-order valence-corrected chi connectivity index (χ4v) is 3.97. The maximum atomic E-state index is 12.2. The van der Waals surface area contributed by atoms with Crippen LogP contribution in [0.2, 0.25) is 5.02 Å². The maximum Gasteiger partial charge on any atom is 0.337 e. The van der Waals surface area contributed by atoms with Crippen LogP contribution in [0, 0.1) is 0 Å². The van der Waals surface area contributed by atoms with Crippen molar-refractivity contribution in [2.24, 2.45) is 0 Å². The number of unbranched alkanes of at least 4 members (excludes halogenated alkanes) is 1. The van der Waals surface area contributed by atoms with Crippen molar-refractivity contribution in [1.29, 1.82) is 0 Å². The molecule has 4 nitrogen and oxygen atoms in total. The van der Waals surface area contributed by atoms with Crippen LogP contribution in [0.4, 0.5) is 0 Å². The van der Waals surface area contributed by atoms with Crippen LogP contribution in [-0.2, 0) is 13.0 Å². The van der Waals surface area contributed by atoms with Gasteiger partial charge in [0.05, 0.1) is 23.1 Å². The second-order valence-corrected chi connectivity index (χ2v) is 7.78. The highest BCUT2D eigenvalue weighted by Gasteiger charge is 2.20. The number of carboxylic acid groups (broad SMARTS) is 1. The van der Waals surface area contributed by atoms with Crippen LogP contribution in [-0.4, -0.2) is 20.6 Å². The van der Waals surface area contributed by atoms with Gasteiger partial charge in [0, 0.05) is 11.4 Å². The number of aromatic carboxylic acids is 1. The molecule has 0 spiro atoms. The highest BCUT2D eigenvalue weighted by Crippen LogP contribution is 2.30. The summed E-state index contributed by atoms with van der Waals surface area (Å²) in [5.41, 5.74) is 4.37. The fraction of sp³-hybridized carbons (Fsp3) is 0.200. The molecule has 0 fully saturated rings. The minimum atomic E-state index is -0.958. The van der Waals surface area contributed by atoms with Gasteiger partial charge in [-0.2, -0.15) is 0 Å². The number of benzene rings is 3. The summed E-state index contributed by atoms with van der Waals surface area (Å²) >= 11 is 6.41.